The zero-order valence-electron chi connectivity index (χ0n) is 19.6. The Kier molecular flexibility index (Phi) is 10.3. The van der Waals surface area contributed by atoms with Crippen LogP contribution >= 0.6 is 0 Å². The van der Waals surface area contributed by atoms with Crippen LogP contribution in [0.25, 0.3) is 0 Å². The smallest absolute Gasteiger partial charge is 0.213 e. The van der Waals surface area contributed by atoms with Crippen LogP contribution in [0, 0.1) is 5.82 Å². The quantitative estimate of drug-likeness (QED) is 0.206. The molecule has 2 aromatic rings. The molecule has 1 aromatic heterocycles. The molecule has 0 unspecified atom stereocenters. The highest BCUT2D eigenvalue weighted by Crippen LogP contribution is 2.22. The van der Waals surface area contributed by atoms with E-state index in [9.17, 15) is 9.18 Å². The fourth-order valence-corrected chi connectivity index (χ4v) is 2.79. The predicted octanol–water partition coefficient (Wildman–Crippen LogP) is 4.35. The summed E-state index contributed by atoms with van der Waals surface area (Å²) >= 11 is 0. The molecule has 8 nitrogen and oxygen atoms in total. The molecule has 0 atom stereocenters. The molecule has 178 valence electrons. The Morgan fingerprint density at radius 3 is 2.59 bits per heavy atom. The topological polar surface area (TPSA) is 106 Å². The second-order valence-electron chi connectivity index (χ2n) is 7.33. The summed E-state index contributed by atoms with van der Waals surface area (Å²) in [5.74, 6) is 5.45. The molecule has 0 spiro atoms. The standard InChI is InChI=1S/C18H18FN5O2.C7H11N/c1-12(23-20)17(21-15-5-3-14(19)4-6-15)10-26-18-7-2-13-8-24(11-25)9-16(13)22-18;1-4-7(2)5-6-8-3/h2-7,11H,8-10,20H2,1H3;4-6H,3H2,1-2H3/b21-17?,23-12-;6-5-,7-4-. The number of ether oxygens (including phenoxy) is 1. The van der Waals surface area contributed by atoms with E-state index in [0.717, 1.165) is 17.7 Å². The van der Waals surface area contributed by atoms with Gasteiger partial charge in [-0.05, 0) is 69.5 Å². The molecule has 1 amide bonds. The third kappa shape index (κ3) is 8.09. The molecule has 2 heterocycles. The maximum absolute atomic E-state index is 13.0. The van der Waals surface area contributed by atoms with Gasteiger partial charge in [-0.1, -0.05) is 11.6 Å². The van der Waals surface area contributed by atoms with Crippen molar-refractivity contribution in [3.8, 4) is 5.88 Å². The lowest BCUT2D eigenvalue weighted by Gasteiger charge is -2.09. The molecule has 2 N–H and O–H groups in total. The minimum absolute atomic E-state index is 0.104. The van der Waals surface area contributed by atoms with Crippen LogP contribution in [0.1, 0.15) is 32.0 Å². The number of benzene rings is 1. The van der Waals surface area contributed by atoms with Crippen LogP contribution in [0.2, 0.25) is 0 Å². The molecule has 0 aliphatic carbocycles. The Labute approximate surface area is 199 Å². The third-order valence-electron chi connectivity index (χ3n) is 4.88. The molecule has 34 heavy (non-hydrogen) atoms. The molecule has 3 rings (SSSR count). The van der Waals surface area contributed by atoms with Gasteiger partial charge in [-0.3, -0.25) is 9.79 Å². The number of aromatic nitrogens is 1. The van der Waals surface area contributed by atoms with Gasteiger partial charge in [0.15, 0.2) is 0 Å². The Bertz CT molecular complexity index is 1110. The number of rotatable bonds is 8. The summed E-state index contributed by atoms with van der Waals surface area (Å²) in [6.07, 6.45) is 6.40. The number of nitrogens with two attached hydrogens (primary N) is 1. The van der Waals surface area contributed by atoms with E-state index in [-0.39, 0.29) is 12.4 Å². The Morgan fingerprint density at radius 1 is 1.24 bits per heavy atom. The van der Waals surface area contributed by atoms with Gasteiger partial charge >= 0.3 is 0 Å². The maximum atomic E-state index is 13.0. The predicted molar refractivity (Wildman–Crippen MR) is 134 cm³/mol. The fraction of sp³-hybridized carbons (Fsp3) is 0.240. The normalized spacial score (nSPS) is 13.9. The van der Waals surface area contributed by atoms with E-state index < -0.39 is 0 Å². The molecular formula is C25H29FN6O2. The van der Waals surface area contributed by atoms with Crippen molar-refractivity contribution < 1.29 is 13.9 Å². The first kappa shape index (κ1) is 26.1. The van der Waals surface area contributed by atoms with Crippen molar-refractivity contribution in [1.29, 1.82) is 0 Å². The van der Waals surface area contributed by atoms with E-state index in [2.05, 4.69) is 26.8 Å². The number of amides is 1. The Hall–Kier alpha value is -4.14. The van der Waals surface area contributed by atoms with Crippen LogP contribution in [0.5, 0.6) is 5.88 Å². The van der Waals surface area contributed by atoms with Crippen molar-refractivity contribution in [2.24, 2.45) is 20.9 Å². The number of carbonyl (C=O) groups excluding carboxylic acids is 1. The lowest BCUT2D eigenvalue weighted by atomic mass is 10.2. The van der Waals surface area contributed by atoms with E-state index >= 15 is 0 Å². The Balaban J connectivity index is 0.000000440. The first-order valence-corrected chi connectivity index (χ1v) is 10.5. The maximum Gasteiger partial charge on any atom is 0.213 e. The lowest BCUT2D eigenvalue weighted by molar-refractivity contribution is -0.118. The average Bonchev–Trinajstić information content (AvgIpc) is 3.28. The highest BCUT2D eigenvalue weighted by atomic mass is 19.1. The van der Waals surface area contributed by atoms with E-state index in [1.807, 2.05) is 32.1 Å². The highest BCUT2D eigenvalue weighted by Gasteiger charge is 2.19. The summed E-state index contributed by atoms with van der Waals surface area (Å²) in [6, 6.07) is 9.40. The van der Waals surface area contributed by atoms with Crippen LogP contribution in [0.15, 0.2) is 75.4 Å². The van der Waals surface area contributed by atoms with Crippen molar-refractivity contribution in [2.75, 3.05) is 6.61 Å². The highest BCUT2D eigenvalue weighted by molar-refractivity contribution is 6.42. The molecule has 0 fully saturated rings. The summed E-state index contributed by atoms with van der Waals surface area (Å²) in [4.78, 5) is 24.9. The number of allylic oxidation sites excluding steroid dienone is 3. The average molecular weight is 465 g/mol. The summed E-state index contributed by atoms with van der Waals surface area (Å²) in [6.45, 7) is 10.1. The number of aliphatic imine (C=N–C) groups is 2. The van der Waals surface area contributed by atoms with Gasteiger partial charge in [-0.25, -0.2) is 14.4 Å². The number of fused-ring (bicyclic) bond motifs is 1. The number of halogens is 1. The zero-order valence-corrected chi connectivity index (χ0v) is 19.6. The molecule has 1 aliphatic rings. The number of hydrazone groups is 1. The summed E-state index contributed by atoms with van der Waals surface area (Å²) in [5, 5.41) is 3.66. The van der Waals surface area contributed by atoms with Crippen molar-refractivity contribution in [1.82, 2.24) is 9.88 Å². The van der Waals surface area contributed by atoms with Crippen molar-refractivity contribution >= 4 is 30.2 Å². The van der Waals surface area contributed by atoms with E-state index in [0.29, 0.717) is 36.1 Å². The van der Waals surface area contributed by atoms with Crippen molar-refractivity contribution in [3.05, 3.63) is 77.4 Å². The fourth-order valence-electron chi connectivity index (χ4n) is 2.79. The van der Waals surface area contributed by atoms with Crippen LogP contribution in [0.3, 0.4) is 0 Å². The van der Waals surface area contributed by atoms with E-state index in [4.69, 9.17) is 10.6 Å². The first-order valence-electron chi connectivity index (χ1n) is 10.5. The van der Waals surface area contributed by atoms with Gasteiger partial charge in [-0.2, -0.15) is 5.10 Å². The van der Waals surface area contributed by atoms with Gasteiger partial charge in [0.25, 0.3) is 0 Å². The number of nitrogens with zero attached hydrogens (tertiary/aromatic N) is 5. The lowest BCUT2D eigenvalue weighted by Crippen LogP contribution is -2.21. The van der Waals surface area contributed by atoms with Crippen LogP contribution in [0.4, 0.5) is 10.1 Å². The SMILES string of the molecule is C/C(=N/N)C(COc1ccc2c(n1)CN(C=O)C2)=Nc1ccc(F)cc1.C=N/C=C\C(C)=C/C. The second-order valence-corrected chi connectivity index (χ2v) is 7.33. The minimum Gasteiger partial charge on any atom is -0.471 e. The summed E-state index contributed by atoms with van der Waals surface area (Å²) < 4.78 is 18.8. The molecule has 0 saturated heterocycles. The van der Waals surface area contributed by atoms with Gasteiger partial charge in [-0.15, -0.1) is 0 Å². The van der Waals surface area contributed by atoms with Crippen LogP contribution in [-0.2, 0) is 17.9 Å². The number of hydrogen-bond acceptors (Lipinski definition) is 7. The van der Waals surface area contributed by atoms with Crippen molar-refractivity contribution in [2.45, 2.75) is 33.9 Å². The number of pyridine rings is 1. The number of hydrogen-bond donors (Lipinski definition) is 1. The largest absolute Gasteiger partial charge is 0.471 e. The molecule has 0 saturated carbocycles. The molecule has 9 heteroatoms. The van der Waals surface area contributed by atoms with Gasteiger partial charge in [0.1, 0.15) is 18.1 Å². The zero-order chi connectivity index (χ0) is 24.9. The van der Waals surface area contributed by atoms with Crippen molar-refractivity contribution in [3.63, 3.8) is 0 Å². The van der Waals surface area contributed by atoms with Gasteiger partial charge in [0.2, 0.25) is 12.3 Å². The van der Waals surface area contributed by atoms with E-state index in [1.54, 1.807) is 36.2 Å². The third-order valence-corrected chi connectivity index (χ3v) is 4.88. The minimum atomic E-state index is -0.335. The monoisotopic (exact) mass is 464 g/mol. The molecule has 0 bridgehead atoms. The van der Waals surface area contributed by atoms with Gasteiger partial charge < -0.3 is 15.5 Å². The van der Waals surface area contributed by atoms with Gasteiger partial charge in [0.05, 0.1) is 23.6 Å². The summed E-state index contributed by atoms with van der Waals surface area (Å²) in [7, 11) is 0. The molecular weight excluding hydrogens is 435 g/mol. The molecule has 1 aromatic carbocycles. The second kappa shape index (κ2) is 13.4. The Morgan fingerprint density at radius 2 is 1.97 bits per heavy atom. The first-order chi connectivity index (χ1) is 16.4. The summed E-state index contributed by atoms with van der Waals surface area (Å²) in [5.41, 5.74) is 4.60. The molecule has 0 radical (unpaired) electrons. The number of carbonyl (C=O) groups is 1. The molecule has 1 aliphatic heterocycles. The van der Waals surface area contributed by atoms with Gasteiger partial charge in [0, 0.05) is 18.8 Å². The van der Waals surface area contributed by atoms with E-state index in [1.165, 1.54) is 17.7 Å². The van der Waals surface area contributed by atoms with Crippen LogP contribution < -0.4 is 10.6 Å². The van der Waals surface area contributed by atoms with Crippen LogP contribution in [-0.4, -0.2) is 41.0 Å².